The summed E-state index contributed by atoms with van der Waals surface area (Å²) in [5, 5.41) is 0.764. The molecular formula is C13H17N3O2S. The van der Waals surface area contributed by atoms with Crippen molar-refractivity contribution in [2.24, 2.45) is 5.73 Å². The van der Waals surface area contributed by atoms with Gasteiger partial charge in [0.1, 0.15) is 6.04 Å². The number of aryl methyl sites for hydroxylation is 1. The predicted molar refractivity (Wildman–Crippen MR) is 76.2 cm³/mol. The normalized spacial score (nSPS) is 12.6. The molecule has 102 valence electrons. The monoisotopic (exact) mass is 279 g/mol. The molecule has 0 bridgehead atoms. The number of imidazole rings is 1. The highest BCUT2D eigenvalue weighted by Crippen LogP contribution is 2.20. The maximum atomic E-state index is 11.4. The Morgan fingerprint density at radius 1 is 1.58 bits per heavy atom. The number of nitrogens with zero attached hydrogens (tertiary/aromatic N) is 1. The van der Waals surface area contributed by atoms with Crippen LogP contribution in [0.2, 0.25) is 0 Å². The number of esters is 1. The highest BCUT2D eigenvalue weighted by atomic mass is 32.2. The first-order valence-electron chi connectivity index (χ1n) is 6.11. The van der Waals surface area contributed by atoms with Gasteiger partial charge in [-0.3, -0.25) is 4.79 Å². The van der Waals surface area contributed by atoms with Crippen LogP contribution in [0.4, 0.5) is 0 Å². The van der Waals surface area contributed by atoms with E-state index in [1.165, 1.54) is 17.3 Å². The summed E-state index contributed by atoms with van der Waals surface area (Å²) in [7, 11) is 0. The van der Waals surface area contributed by atoms with Crippen molar-refractivity contribution >= 4 is 28.8 Å². The Morgan fingerprint density at radius 2 is 2.37 bits per heavy atom. The van der Waals surface area contributed by atoms with Crippen molar-refractivity contribution < 1.29 is 9.53 Å². The number of thioether (sulfide) groups is 1. The van der Waals surface area contributed by atoms with Crippen LogP contribution < -0.4 is 5.73 Å². The van der Waals surface area contributed by atoms with Crippen molar-refractivity contribution in [3.8, 4) is 0 Å². The van der Waals surface area contributed by atoms with Gasteiger partial charge in [0.2, 0.25) is 0 Å². The number of aromatic nitrogens is 2. The average Bonchev–Trinajstić information content (AvgIpc) is 2.78. The van der Waals surface area contributed by atoms with Crippen molar-refractivity contribution in [1.82, 2.24) is 9.97 Å². The first kappa shape index (κ1) is 13.9. The zero-order valence-corrected chi connectivity index (χ0v) is 11.8. The predicted octanol–water partition coefficient (Wildman–Crippen LogP) is 1.85. The van der Waals surface area contributed by atoms with Crippen LogP contribution in [0.3, 0.4) is 0 Å². The molecule has 1 aromatic heterocycles. The molecule has 5 nitrogen and oxygen atoms in total. The van der Waals surface area contributed by atoms with Crippen molar-refractivity contribution in [3.63, 3.8) is 0 Å². The van der Waals surface area contributed by atoms with Gasteiger partial charge in [-0.2, -0.15) is 0 Å². The molecule has 0 saturated carbocycles. The number of nitrogens with one attached hydrogen (secondary N) is 1. The summed E-state index contributed by atoms with van der Waals surface area (Å²) >= 11 is 1.42. The number of hydrogen-bond acceptors (Lipinski definition) is 5. The maximum Gasteiger partial charge on any atom is 0.323 e. The summed E-state index contributed by atoms with van der Waals surface area (Å²) < 4.78 is 4.86. The second kappa shape index (κ2) is 6.08. The molecule has 1 heterocycles. The van der Waals surface area contributed by atoms with E-state index in [0.717, 1.165) is 16.2 Å². The number of fused-ring (bicyclic) bond motifs is 1. The van der Waals surface area contributed by atoms with E-state index >= 15 is 0 Å². The third-order valence-corrected chi connectivity index (χ3v) is 3.60. The van der Waals surface area contributed by atoms with E-state index in [1.54, 1.807) is 6.92 Å². The number of benzene rings is 1. The molecule has 0 saturated heterocycles. The molecule has 1 unspecified atom stereocenters. The lowest BCUT2D eigenvalue weighted by Gasteiger charge is -2.08. The molecule has 0 aliphatic heterocycles. The molecule has 19 heavy (non-hydrogen) atoms. The number of H-pyrrole nitrogens is 1. The van der Waals surface area contributed by atoms with Gasteiger partial charge in [0, 0.05) is 5.75 Å². The Bertz CT molecular complexity index is 582. The van der Waals surface area contributed by atoms with E-state index < -0.39 is 6.04 Å². The minimum atomic E-state index is -0.625. The van der Waals surface area contributed by atoms with Gasteiger partial charge in [-0.15, -0.1) is 0 Å². The van der Waals surface area contributed by atoms with Crippen LogP contribution in [-0.4, -0.2) is 34.3 Å². The van der Waals surface area contributed by atoms with Gasteiger partial charge >= 0.3 is 5.97 Å². The van der Waals surface area contributed by atoms with Gasteiger partial charge in [0.05, 0.1) is 17.6 Å². The molecule has 0 amide bonds. The van der Waals surface area contributed by atoms with Crippen molar-refractivity contribution in [2.75, 3.05) is 12.4 Å². The molecule has 0 aliphatic rings. The highest BCUT2D eigenvalue weighted by Gasteiger charge is 2.15. The molecule has 0 radical (unpaired) electrons. The van der Waals surface area contributed by atoms with Gasteiger partial charge < -0.3 is 15.5 Å². The average molecular weight is 279 g/mol. The lowest BCUT2D eigenvalue weighted by molar-refractivity contribution is -0.144. The minimum absolute atomic E-state index is 0.348. The summed E-state index contributed by atoms with van der Waals surface area (Å²) in [4.78, 5) is 19.0. The standard InChI is InChI=1S/C13H17N3O2S/c1-3-18-12(17)9(14)7-19-13-15-10-5-4-8(2)6-11(10)16-13/h4-6,9H,3,7,14H2,1-2H3,(H,15,16). The Morgan fingerprint density at radius 3 is 3.11 bits per heavy atom. The SMILES string of the molecule is CCOC(=O)C(N)CSc1nc2ccc(C)cc2[nH]1. The number of ether oxygens (including phenoxy) is 1. The fourth-order valence-electron chi connectivity index (χ4n) is 1.65. The number of aromatic amines is 1. The van der Waals surface area contributed by atoms with Crippen LogP contribution in [-0.2, 0) is 9.53 Å². The molecule has 1 aromatic carbocycles. The van der Waals surface area contributed by atoms with Gasteiger partial charge in [0.25, 0.3) is 0 Å². The van der Waals surface area contributed by atoms with E-state index in [2.05, 4.69) is 9.97 Å². The van der Waals surface area contributed by atoms with E-state index in [-0.39, 0.29) is 5.97 Å². The summed E-state index contributed by atoms with van der Waals surface area (Å²) in [6.45, 7) is 4.14. The van der Waals surface area contributed by atoms with Crippen LogP contribution in [0, 0.1) is 6.92 Å². The van der Waals surface area contributed by atoms with Crippen molar-refractivity contribution in [1.29, 1.82) is 0 Å². The van der Waals surface area contributed by atoms with E-state index in [4.69, 9.17) is 10.5 Å². The van der Waals surface area contributed by atoms with Crippen LogP contribution in [0.25, 0.3) is 11.0 Å². The van der Waals surface area contributed by atoms with E-state index in [1.807, 2.05) is 25.1 Å². The maximum absolute atomic E-state index is 11.4. The summed E-state index contributed by atoms with van der Waals surface area (Å²) in [6.07, 6.45) is 0. The van der Waals surface area contributed by atoms with Crippen LogP contribution in [0.15, 0.2) is 23.4 Å². The van der Waals surface area contributed by atoms with Crippen LogP contribution >= 0.6 is 11.8 Å². The molecule has 0 fully saturated rings. The smallest absolute Gasteiger partial charge is 0.323 e. The van der Waals surface area contributed by atoms with Gasteiger partial charge in [-0.1, -0.05) is 17.8 Å². The second-order valence-electron chi connectivity index (χ2n) is 4.23. The van der Waals surface area contributed by atoms with E-state index in [9.17, 15) is 4.79 Å². The molecule has 6 heteroatoms. The largest absolute Gasteiger partial charge is 0.465 e. The minimum Gasteiger partial charge on any atom is -0.465 e. The summed E-state index contributed by atoms with van der Waals surface area (Å²) in [5.74, 6) is 0.0689. The summed E-state index contributed by atoms with van der Waals surface area (Å²) in [6, 6.07) is 5.40. The Kier molecular flexibility index (Phi) is 4.44. The fourth-order valence-corrected chi connectivity index (χ4v) is 2.47. The topological polar surface area (TPSA) is 81.0 Å². The highest BCUT2D eigenvalue weighted by molar-refractivity contribution is 7.99. The molecule has 1 atom stereocenters. The molecule has 3 N–H and O–H groups in total. The van der Waals surface area contributed by atoms with Gasteiger partial charge in [-0.05, 0) is 31.5 Å². The van der Waals surface area contributed by atoms with Crippen molar-refractivity contribution in [2.45, 2.75) is 25.0 Å². The quantitative estimate of drug-likeness (QED) is 0.645. The Balaban J connectivity index is 2.00. The lowest BCUT2D eigenvalue weighted by atomic mass is 10.2. The van der Waals surface area contributed by atoms with Gasteiger partial charge in [-0.25, -0.2) is 4.98 Å². The number of carbonyl (C=O) groups is 1. The first-order chi connectivity index (χ1) is 9.10. The first-order valence-corrected chi connectivity index (χ1v) is 7.10. The van der Waals surface area contributed by atoms with E-state index in [0.29, 0.717) is 12.4 Å². The number of rotatable bonds is 5. The number of hydrogen-bond donors (Lipinski definition) is 2. The number of carbonyl (C=O) groups excluding carboxylic acids is 1. The van der Waals surface area contributed by atoms with Crippen LogP contribution in [0.5, 0.6) is 0 Å². The molecular weight excluding hydrogens is 262 g/mol. The third kappa shape index (κ3) is 3.48. The molecule has 0 spiro atoms. The van der Waals surface area contributed by atoms with Gasteiger partial charge in [0.15, 0.2) is 5.16 Å². The zero-order chi connectivity index (χ0) is 13.8. The molecule has 0 aliphatic carbocycles. The molecule has 2 aromatic rings. The van der Waals surface area contributed by atoms with Crippen molar-refractivity contribution in [3.05, 3.63) is 23.8 Å². The second-order valence-corrected chi connectivity index (χ2v) is 5.24. The Hall–Kier alpha value is -1.53. The third-order valence-electron chi connectivity index (χ3n) is 2.60. The van der Waals surface area contributed by atoms with Crippen LogP contribution in [0.1, 0.15) is 12.5 Å². The summed E-state index contributed by atoms with van der Waals surface area (Å²) in [5.41, 5.74) is 8.82. The zero-order valence-electron chi connectivity index (χ0n) is 11.0. The molecule has 2 rings (SSSR count). The lowest BCUT2D eigenvalue weighted by Crippen LogP contribution is -2.34. The fraction of sp³-hybridized carbons (Fsp3) is 0.385. The Labute approximate surface area is 115 Å². The number of nitrogens with two attached hydrogens (primary N) is 1.